The second-order valence-corrected chi connectivity index (χ2v) is 10.1. The predicted octanol–water partition coefficient (Wildman–Crippen LogP) is 5.21. The maximum atomic E-state index is 13.7. The van der Waals surface area contributed by atoms with Gasteiger partial charge in [0, 0.05) is 16.3 Å². The minimum absolute atomic E-state index is 0.250. The molecule has 8 heteroatoms. The highest BCUT2D eigenvalue weighted by Crippen LogP contribution is 2.38. The van der Waals surface area contributed by atoms with Crippen LogP contribution >= 0.6 is 11.3 Å². The van der Waals surface area contributed by atoms with Crippen molar-refractivity contribution in [2.45, 2.75) is 58.9 Å². The molecule has 0 radical (unpaired) electrons. The van der Waals surface area contributed by atoms with Crippen LogP contribution in [-0.2, 0) is 17.6 Å². The largest absolute Gasteiger partial charge is 0.315 e. The fourth-order valence-electron chi connectivity index (χ4n) is 5.13. The van der Waals surface area contributed by atoms with Crippen molar-refractivity contribution in [2.24, 2.45) is 0 Å². The van der Waals surface area contributed by atoms with Crippen molar-refractivity contribution in [3.63, 3.8) is 0 Å². The third-order valence-corrected chi connectivity index (χ3v) is 7.96. The molecule has 0 saturated heterocycles. The first-order valence-electron chi connectivity index (χ1n) is 12.0. The van der Waals surface area contributed by atoms with Crippen LogP contribution < -0.4 is 10.9 Å². The Labute approximate surface area is 207 Å². The number of hydrogen-bond acceptors (Lipinski definition) is 5. The summed E-state index contributed by atoms with van der Waals surface area (Å²) >= 11 is 1.49. The van der Waals surface area contributed by atoms with E-state index in [-0.39, 0.29) is 11.5 Å². The van der Waals surface area contributed by atoms with Gasteiger partial charge in [0.15, 0.2) is 0 Å². The number of benzene rings is 1. The lowest BCUT2D eigenvalue weighted by molar-refractivity contribution is -0.119. The number of aromatic nitrogens is 3. The molecule has 7 nitrogen and oxygen atoms in total. The first-order chi connectivity index (χ1) is 16.9. The number of anilines is 1. The van der Waals surface area contributed by atoms with Crippen LogP contribution in [0.2, 0.25) is 0 Å². The third kappa shape index (κ3) is 3.86. The van der Waals surface area contributed by atoms with Gasteiger partial charge < -0.3 is 5.32 Å². The molecule has 0 aliphatic heterocycles. The summed E-state index contributed by atoms with van der Waals surface area (Å²) in [5.41, 5.74) is 4.43. The molecule has 1 atom stereocenters. The molecule has 35 heavy (non-hydrogen) atoms. The number of rotatable bonds is 5. The smallest absolute Gasteiger partial charge is 0.253 e. The molecule has 3 heterocycles. The van der Waals surface area contributed by atoms with Crippen molar-refractivity contribution < 1.29 is 4.79 Å². The fourth-order valence-corrected chi connectivity index (χ4v) is 6.38. The van der Waals surface area contributed by atoms with E-state index in [1.807, 2.05) is 51.1 Å². The molecule has 1 aromatic carbocycles. The standard InChI is InChI=1S/C27H27N5O2S/c1-4-21(25(34)29-26-20(15-28)19-12-8-9-13-22(19)35-26)31-23(33)14-16(2)24-17(3)30-32(27(24)31)18-10-6-5-7-11-18/h5-7,10-11,14,21H,4,8-9,12-13H2,1-3H3,(H,29,34). The monoisotopic (exact) mass is 485 g/mol. The van der Waals surface area contributed by atoms with Gasteiger partial charge in [0.1, 0.15) is 22.8 Å². The summed E-state index contributed by atoms with van der Waals surface area (Å²) in [4.78, 5) is 28.2. The Kier molecular flexibility index (Phi) is 6.03. The molecule has 0 saturated carbocycles. The van der Waals surface area contributed by atoms with Gasteiger partial charge in [-0.05, 0) is 69.2 Å². The second-order valence-electron chi connectivity index (χ2n) is 9.01. The van der Waals surface area contributed by atoms with Crippen LogP contribution in [0.1, 0.15) is 59.5 Å². The molecule has 0 bridgehead atoms. The molecule has 1 N–H and O–H groups in total. The number of nitrogens with zero attached hydrogens (tertiary/aromatic N) is 4. The number of nitrogens with one attached hydrogen (secondary N) is 1. The number of nitriles is 1. The van der Waals surface area contributed by atoms with E-state index in [0.717, 1.165) is 53.6 Å². The molecule has 1 aliphatic carbocycles. The molecule has 5 rings (SSSR count). The number of fused-ring (bicyclic) bond motifs is 2. The first kappa shape index (κ1) is 23.1. The number of para-hydroxylation sites is 1. The van der Waals surface area contributed by atoms with E-state index in [4.69, 9.17) is 5.10 Å². The third-order valence-electron chi connectivity index (χ3n) is 6.76. The molecular weight excluding hydrogens is 458 g/mol. The molecule has 0 fully saturated rings. The summed E-state index contributed by atoms with van der Waals surface area (Å²) in [5.74, 6) is -0.298. The zero-order chi connectivity index (χ0) is 24.7. The average Bonchev–Trinajstić information content (AvgIpc) is 3.39. The quantitative estimate of drug-likeness (QED) is 0.420. The molecule has 3 aromatic heterocycles. The minimum Gasteiger partial charge on any atom is -0.315 e. The van der Waals surface area contributed by atoms with Crippen LogP contribution in [0.3, 0.4) is 0 Å². The Morgan fingerprint density at radius 1 is 1.23 bits per heavy atom. The van der Waals surface area contributed by atoms with Crippen LogP contribution in [-0.4, -0.2) is 20.3 Å². The van der Waals surface area contributed by atoms with Crippen LogP contribution in [0.25, 0.3) is 16.7 Å². The van der Waals surface area contributed by atoms with E-state index in [2.05, 4.69) is 11.4 Å². The van der Waals surface area contributed by atoms with Gasteiger partial charge in [0.05, 0.1) is 16.9 Å². The molecule has 4 aromatic rings. The van der Waals surface area contributed by atoms with Crippen molar-refractivity contribution >= 4 is 33.3 Å². The van der Waals surface area contributed by atoms with Gasteiger partial charge in [0.2, 0.25) is 5.91 Å². The zero-order valence-electron chi connectivity index (χ0n) is 20.1. The van der Waals surface area contributed by atoms with Crippen molar-refractivity contribution in [3.05, 3.63) is 74.0 Å². The van der Waals surface area contributed by atoms with Crippen molar-refractivity contribution in [1.29, 1.82) is 5.26 Å². The van der Waals surface area contributed by atoms with E-state index < -0.39 is 6.04 Å². The van der Waals surface area contributed by atoms with Gasteiger partial charge in [-0.2, -0.15) is 10.4 Å². The number of amides is 1. The van der Waals surface area contributed by atoms with Crippen molar-refractivity contribution in [2.75, 3.05) is 5.32 Å². The van der Waals surface area contributed by atoms with Gasteiger partial charge in [-0.25, -0.2) is 4.68 Å². The van der Waals surface area contributed by atoms with E-state index in [9.17, 15) is 14.9 Å². The molecule has 1 unspecified atom stereocenters. The lowest BCUT2D eigenvalue weighted by Crippen LogP contribution is -2.34. The summed E-state index contributed by atoms with van der Waals surface area (Å²) in [7, 11) is 0. The van der Waals surface area contributed by atoms with Crippen molar-refractivity contribution in [1.82, 2.24) is 14.3 Å². The fraction of sp³-hybridized carbons (Fsp3) is 0.333. The van der Waals surface area contributed by atoms with Gasteiger partial charge in [0.25, 0.3) is 5.56 Å². The number of thiophene rings is 1. The van der Waals surface area contributed by atoms with Gasteiger partial charge >= 0.3 is 0 Å². The van der Waals surface area contributed by atoms with Crippen LogP contribution in [0.5, 0.6) is 0 Å². The van der Waals surface area contributed by atoms with Gasteiger partial charge in [-0.15, -0.1) is 11.3 Å². The number of carbonyl (C=O) groups is 1. The topological polar surface area (TPSA) is 92.7 Å². The Morgan fingerprint density at radius 2 is 1.97 bits per heavy atom. The van der Waals surface area contributed by atoms with Crippen LogP contribution in [0.4, 0.5) is 5.00 Å². The SMILES string of the molecule is CCC(C(=O)Nc1sc2c(c1C#N)CCCC2)n1c(=O)cc(C)c2c(C)nn(-c3ccccc3)c21. The predicted molar refractivity (Wildman–Crippen MR) is 138 cm³/mol. The first-order valence-corrected chi connectivity index (χ1v) is 12.8. The summed E-state index contributed by atoms with van der Waals surface area (Å²) in [6.07, 6.45) is 4.38. The summed E-state index contributed by atoms with van der Waals surface area (Å²) in [5, 5.41) is 19.0. The summed E-state index contributed by atoms with van der Waals surface area (Å²) in [6.45, 7) is 5.71. The van der Waals surface area contributed by atoms with Crippen molar-refractivity contribution in [3.8, 4) is 11.8 Å². The molecule has 1 aliphatic rings. The number of carbonyl (C=O) groups excluding carboxylic acids is 1. The van der Waals surface area contributed by atoms with E-state index in [1.165, 1.54) is 16.2 Å². The maximum Gasteiger partial charge on any atom is 0.253 e. The van der Waals surface area contributed by atoms with Gasteiger partial charge in [-0.3, -0.25) is 14.2 Å². The summed E-state index contributed by atoms with van der Waals surface area (Å²) < 4.78 is 3.31. The highest BCUT2D eigenvalue weighted by atomic mass is 32.1. The van der Waals surface area contributed by atoms with Crippen LogP contribution in [0.15, 0.2) is 41.2 Å². The summed E-state index contributed by atoms with van der Waals surface area (Å²) in [6, 6.07) is 12.7. The van der Waals surface area contributed by atoms with Crippen LogP contribution in [0, 0.1) is 25.2 Å². The lowest BCUT2D eigenvalue weighted by atomic mass is 9.96. The number of aryl methyl sites for hydroxylation is 3. The number of pyridine rings is 1. The van der Waals surface area contributed by atoms with E-state index >= 15 is 0 Å². The molecule has 0 spiro atoms. The maximum absolute atomic E-state index is 13.7. The average molecular weight is 486 g/mol. The normalized spacial score (nSPS) is 13.9. The van der Waals surface area contributed by atoms with Gasteiger partial charge in [-0.1, -0.05) is 25.1 Å². The highest BCUT2D eigenvalue weighted by Gasteiger charge is 2.28. The molecule has 1 amide bonds. The molecular formula is C27H27N5O2S. The Balaban J connectivity index is 1.64. The number of hydrogen-bond donors (Lipinski definition) is 1. The van der Waals surface area contributed by atoms with E-state index in [0.29, 0.717) is 22.6 Å². The highest BCUT2D eigenvalue weighted by molar-refractivity contribution is 7.16. The minimum atomic E-state index is -0.755. The molecule has 178 valence electrons. The Bertz CT molecular complexity index is 1540. The van der Waals surface area contributed by atoms with E-state index in [1.54, 1.807) is 15.3 Å². The second kappa shape index (κ2) is 9.16. The Morgan fingerprint density at radius 3 is 2.69 bits per heavy atom. The Hall–Kier alpha value is -3.70. The zero-order valence-corrected chi connectivity index (χ0v) is 20.9. The lowest BCUT2D eigenvalue weighted by Gasteiger charge is -2.20.